The van der Waals surface area contributed by atoms with Crippen molar-refractivity contribution in [3.05, 3.63) is 87.9 Å². The van der Waals surface area contributed by atoms with Gasteiger partial charge in [0.2, 0.25) is 0 Å². The molecule has 37 heavy (non-hydrogen) atoms. The van der Waals surface area contributed by atoms with Crippen LogP contribution in [0.15, 0.2) is 71.7 Å². The smallest absolute Gasteiger partial charge is 0.417 e. The molecule has 188 valence electrons. The molecule has 0 spiro atoms. The molecular formula is C25H17ClF3N5O3. The zero-order chi connectivity index (χ0) is 26.3. The number of imidazole rings is 1. The number of ether oxygens (including phenoxy) is 1. The van der Waals surface area contributed by atoms with E-state index in [9.17, 15) is 22.8 Å². The van der Waals surface area contributed by atoms with Gasteiger partial charge in [-0.25, -0.2) is 14.6 Å². The summed E-state index contributed by atoms with van der Waals surface area (Å²) in [6.07, 6.45) is -3.14. The lowest BCUT2D eigenvalue weighted by Gasteiger charge is -2.15. The van der Waals surface area contributed by atoms with E-state index >= 15 is 0 Å². The summed E-state index contributed by atoms with van der Waals surface area (Å²) < 4.78 is 46.9. The van der Waals surface area contributed by atoms with Gasteiger partial charge in [0.15, 0.2) is 11.4 Å². The van der Waals surface area contributed by atoms with Gasteiger partial charge in [-0.1, -0.05) is 35.9 Å². The first kappa shape index (κ1) is 24.2. The number of pyridine rings is 1. The molecule has 3 N–H and O–H groups in total. The summed E-state index contributed by atoms with van der Waals surface area (Å²) in [5.74, 6) is 0.834. The van der Waals surface area contributed by atoms with Gasteiger partial charge in [-0.3, -0.25) is 4.57 Å². The number of aromatic nitrogens is 3. The number of fused-ring (bicyclic) bond motifs is 2. The van der Waals surface area contributed by atoms with Crippen LogP contribution in [0, 0.1) is 0 Å². The standard InChI is InChI=1S/C25H17ClF3N5O3/c1-34-22-21(33-24(34)36)20(10-11-30-22)37-19-9-8-18(14-4-2-3-5-15(14)19)32-23(35)31-13-6-7-17(26)16(12-13)25(27,28)29/h2-12H,1H3,(H,33,36)(H2,31,32,35). The maximum atomic E-state index is 13.1. The van der Waals surface area contributed by atoms with E-state index in [1.54, 1.807) is 49.5 Å². The number of amides is 2. The molecule has 3 aromatic carbocycles. The molecule has 0 aliphatic heterocycles. The predicted molar refractivity (Wildman–Crippen MR) is 134 cm³/mol. The molecule has 2 heterocycles. The second kappa shape index (κ2) is 9.17. The molecule has 2 aromatic heterocycles. The summed E-state index contributed by atoms with van der Waals surface area (Å²) in [5.41, 5.74) is -0.198. The van der Waals surface area contributed by atoms with Crippen LogP contribution in [0.3, 0.4) is 0 Å². The number of hydrogen-bond acceptors (Lipinski definition) is 4. The molecule has 5 rings (SSSR count). The fourth-order valence-corrected chi connectivity index (χ4v) is 4.09. The minimum absolute atomic E-state index is 0.0722. The minimum atomic E-state index is -4.66. The van der Waals surface area contributed by atoms with Gasteiger partial charge in [-0.2, -0.15) is 13.2 Å². The fourth-order valence-electron chi connectivity index (χ4n) is 3.87. The number of halogens is 4. The lowest BCUT2D eigenvalue weighted by Crippen LogP contribution is -2.20. The summed E-state index contributed by atoms with van der Waals surface area (Å²) in [6, 6.07) is 14.3. The van der Waals surface area contributed by atoms with Gasteiger partial charge in [0.1, 0.15) is 11.3 Å². The van der Waals surface area contributed by atoms with Crippen LogP contribution in [0.4, 0.5) is 29.3 Å². The summed E-state index contributed by atoms with van der Waals surface area (Å²) >= 11 is 5.64. The number of nitrogens with one attached hydrogen (secondary N) is 3. The first-order valence-electron chi connectivity index (χ1n) is 10.8. The van der Waals surface area contributed by atoms with Gasteiger partial charge in [-0.05, 0) is 30.3 Å². The number of urea groups is 1. The van der Waals surface area contributed by atoms with Crippen molar-refractivity contribution in [2.24, 2.45) is 7.05 Å². The van der Waals surface area contributed by atoms with E-state index < -0.39 is 22.8 Å². The summed E-state index contributed by atoms with van der Waals surface area (Å²) in [6.45, 7) is 0. The number of carbonyl (C=O) groups excluding carboxylic acids is 1. The maximum absolute atomic E-state index is 13.1. The number of nitrogens with zero attached hydrogens (tertiary/aromatic N) is 2. The number of aryl methyl sites for hydroxylation is 1. The molecule has 0 fully saturated rings. The first-order chi connectivity index (χ1) is 17.6. The molecule has 5 aromatic rings. The number of H-pyrrole nitrogens is 1. The minimum Gasteiger partial charge on any atom is -0.454 e. The summed E-state index contributed by atoms with van der Waals surface area (Å²) in [4.78, 5) is 31.6. The van der Waals surface area contributed by atoms with E-state index in [1.165, 1.54) is 16.8 Å². The van der Waals surface area contributed by atoms with E-state index in [-0.39, 0.29) is 11.4 Å². The molecular weight excluding hydrogens is 511 g/mol. The molecule has 0 unspecified atom stereocenters. The van der Waals surface area contributed by atoms with Crippen LogP contribution >= 0.6 is 11.6 Å². The Hall–Kier alpha value is -4.51. The van der Waals surface area contributed by atoms with Crippen LogP contribution in [0.1, 0.15) is 5.56 Å². The van der Waals surface area contributed by atoms with Crippen molar-refractivity contribution in [1.29, 1.82) is 0 Å². The number of benzene rings is 3. The summed E-state index contributed by atoms with van der Waals surface area (Å²) in [7, 11) is 1.59. The van der Waals surface area contributed by atoms with E-state index in [2.05, 4.69) is 20.6 Å². The van der Waals surface area contributed by atoms with E-state index in [1.807, 2.05) is 0 Å². The van der Waals surface area contributed by atoms with Crippen molar-refractivity contribution in [3.63, 3.8) is 0 Å². The largest absolute Gasteiger partial charge is 0.454 e. The zero-order valence-corrected chi connectivity index (χ0v) is 19.7. The topological polar surface area (TPSA) is 101 Å². The normalized spacial score (nSPS) is 11.6. The van der Waals surface area contributed by atoms with Crippen LogP contribution in [-0.4, -0.2) is 20.6 Å². The molecule has 0 aliphatic rings. The van der Waals surface area contributed by atoms with Crippen molar-refractivity contribution in [2.45, 2.75) is 6.18 Å². The Morgan fingerprint density at radius 1 is 1.03 bits per heavy atom. The second-order valence-corrected chi connectivity index (χ2v) is 8.43. The lowest BCUT2D eigenvalue weighted by molar-refractivity contribution is -0.137. The highest BCUT2D eigenvalue weighted by Gasteiger charge is 2.33. The Labute approximate surface area is 211 Å². The van der Waals surface area contributed by atoms with Gasteiger partial charge in [0, 0.05) is 35.8 Å². The fraction of sp³-hybridized carbons (Fsp3) is 0.0800. The number of aromatic amines is 1. The highest BCUT2D eigenvalue weighted by atomic mass is 35.5. The van der Waals surface area contributed by atoms with Crippen molar-refractivity contribution < 1.29 is 22.7 Å². The monoisotopic (exact) mass is 527 g/mol. The quantitative estimate of drug-likeness (QED) is 0.247. The van der Waals surface area contributed by atoms with Gasteiger partial charge in [0.25, 0.3) is 0 Å². The average Bonchev–Trinajstić information content (AvgIpc) is 3.15. The Balaban J connectivity index is 1.43. The Morgan fingerprint density at radius 3 is 2.54 bits per heavy atom. The summed E-state index contributed by atoms with van der Waals surface area (Å²) in [5, 5.41) is 5.85. The zero-order valence-electron chi connectivity index (χ0n) is 19.0. The van der Waals surface area contributed by atoms with Crippen LogP contribution in [0.2, 0.25) is 5.02 Å². The highest BCUT2D eigenvalue weighted by molar-refractivity contribution is 6.31. The van der Waals surface area contributed by atoms with E-state index in [0.717, 1.165) is 12.1 Å². The van der Waals surface area contributed by atoms with Crippen LogP contribution in [-0.2, 0) is 13.2 Å². The maximum Gasteiger partial charge on any atom is 0.417 e. The third kappa shape index (κ3) is 4.68. The number of alkyl halides is 3. The van der Waals surface area contributed by atoms with Crippen molar-refractivity contribution >= 4 is 50.9 Å². The lowest BCUT2D eigenvalue weighted by atomic mass is 10.1. The van der Waals surface area contributed by atoms with Gasteiger partial charge >= 0.3 is 17.9 Å². The number of hydrogen-bond donors (Lipinski definition) is 3. The highest BCUT2D eigenvalue weighted by Crippen LogP contribution is 2.37. The first-order valence-corrected chi connectivity index (χ1v) is 11.2. The average molecular weight is 528 g/mol. The molecule has 0 aliphatic carbocycles. The number of carbonyl (C=O) groups is 1. The van der Waals surface area contributed by atoms with Crippen LogP contribution < -0.4 is 21.1 Å². The van der Waals surface area contributed by atoms with Gasteiger partial charge < -0.3 is 20.4 Å². The molecule has 2 amide bonds. The molecule has 0 atom stereocenters. The molecule has 0 radical (unpaired) electrons. The molecule has 12 heteroatoms. The van der Waals surface area contributed by atoms with E-state index in [0.29, 0.717) is 39.1 Å². The van der Waals surface area contributed by atoms with Crippen molar-refractivity contribution in [2.75, 3.05) is 10.6 Å². The van der Waals surface area contributed by atoms with Crippen LogP contribution in [0.5, 0.6) is 11.5 Å². The van der Waals surface area contributed by atoms with Gasteiger partial charge in [0.05, 0.1) is 16.3 Å². The van der Waals surface area contributed by atoms with Crippen molar-refractivity contribution in [3.8, 4) is 11.5 Å². The Bertz CT molecular complexity index is 1730. The van der Waals surface area contributed by atoms with Crippen LogP contribution in [0.25, 0.3) is 21.9 Å². The second-order valence-electron chi connectivity index (χ2n) is 8.03. The SMILES string of the molecule is Cn1c(=O)[nH]c2c(Oc3ccc(NC(=O)Nc4ccc(Cl)c(C(F)(F)F)c4)c4ccccc34)ccnc21. The third-order valence-electron chi connectivity index (χ3n) is 5.63. The number of anilines is 2. The Morgan fingerprint density at radius 2 is 1.78 bits per heavy atom. The molecule has 8 nitrogen and oxygen atoms in total. The molecule has 0 bridgehead atoms. The Kier molecular flexibility index (Phi) is 6.00. The third-order valence-corrected chi connectivity index (χ3v) is 5.96. The van der Waals surface area contributed by atoms with Crippen molar-refractivity contribution in [1.82, 2.24) is 14.5 Å². The molecule has 0 saturated carbocycles. The number of rotatable bonds is 4. The van der Waals surface area contributed by atoms with Gasteiger partial charge in [-0.15, -0.1) is 0 Å². The predicted octanol–water partition coefficient (Wildman–Crippen LogP) is 6.52. The van der Waals surface area contributed by atoms with E-state index in [4.69, 9.17) is 16.3 Å². The molecule has 0 saturated heterocycles.